The third-order valence-corrected chi connectivity index (χ3v) is 1.22. The highest BCUT2D eigenvalue weighted by Gasteiger charge is 2.02. The van der Waals surface area contributed by atoms with Crippen molar-refractivity contribution in [3.05, 3.63) is 6.20 Å². The van der Waals surface area contributed by atoms with Gasteiger partial charge in [-0.15, -0.1) is 37.2 Å². The Labute approximate surface area is 100.0 Å². The molecule has 0 spiro atoms. The quantitative estimate of drug-likeness (QED) is 0.515. The predicted octanol–water partition coefficient (Wildman–Crippen LogP) is -0.149. The molecule has 0 aromatic carbocycles. The fraction of sp³-hybridized carbons (Fsp3) is 0. The molecule has 86 valence electrons. The molecule has 0 unspecified atom stereocenters. The van der Waals surface area contributed by atoms with Crippen molar-refractivity contribution >= 4 is 60.1 Å². The maximum absolute atomic E-state index is 5.41. The molecule has 0 saturated heterocycles. The van der Waals surface area contributed by atoms with E-state index in [4.69, 9.17) is 22.9 Å². The number of hydrogen-bond donors (Lipinski definition) is 4. The summed E-state index contributed by atoms with van der Waals surface area (Å²) in [5.41, 5.74) is 22.4. The molecular weight excluding hydrogens is 252 g/mol. The number of anilines is 4. The van der Waals surface area contributed by atoms with Crippen molar-refractivity contribution in [3.63, 3.8) is 0 Å². The Kier molecular flexibility index (Phi) is 14.5. The maximum atomic E-state index is 5.41. The van der Waals surface area contributed by atoms with E-state index in [-0.39, 0.29) is 54.2 Å². The molecule has 0 aliphatic rings. The zero-order valence-corrected chi connectivity index (χ0v) is 9.51. The Morgan fingerprint density at radius 3 is 1.64 bits per heavy atom. The molecule has 1 aromatic heterocycles. The lowest BCUT2D eigenvalue weighted by atomic mass is 10.3. The molecule has 1 rings (SSSR count). The smallest absolute Gasteiger partial charge is 0.148 e. The molecule has 1 aromatic rings. The molecule has 1 heterocycles. The van der Waals surface area contributed by atoms with Crippen LogP contribution in [0, 0.1) is 0 Å². The topological polar surface area (TPSA) is 148 Å². The number of rotatable bonds is 0. The average Bonchev–Trinajstić information content (AvgIpc) is 1.93. The van der Waals surface area contributed by atoms with Gasteiger partial charge in [0, 0.05) is 0 Å². The molecule has 14 heavy (non-hydrogen) atoms. The monoisotopic (exact) mass is 265 g/mol. The zero-order chi connectivity index (χ0) is 7.72. The maximum Gasteiger partial charge on any atom is 0.148 e. The highest BCUT2D eigenvalue weighted by atomic mass is 35.5. The fourth-order valence-corrected chi connectivity index (χ4v) is 0.572. The molecule has 0 aliphatic heterocycles. The largest absolute Gasteiger partial charge is 0.412 e. The molecule has 0 aliphatic carbocycles. The zero-order valence-electron chi connectivity index (χ0n) is 7.06. The van der Waals surface area contributed by atoms with Gasteiger partial charge in [0.05, 0.1) is 23.3 Å². The lowest BCUT2D eigenvalue weighted by molar-refractivity contribution is 0.824. The standard InChI is InChI=1S/C5H9N5.3ClH.H2O/c6-2-1-10-5(9)4(8)3(2)7;;;;/h1H,6,8H2,(H4,7,9,10);3*1H;1H2. The first-order chi connectivity index (χ1) is 4.63. The highest BCUT2D eigenvalue weighted by Crippen LogP contribution is 2.24. The first-order valence-corrected chi connectivity index (χ1v) is 2.68. The van der Waals surface area contributed by atoms with Gasteiger partial charge in [-0.1, -0.05) is 0 Å². The van der Waals surface area contributed by atoms with E-state index in [1.54, 1.807) is 0 Å². The summed E-state index contributed by atoms with van der Waals surface area (Å²) in [4.78, 5) is 3.69. The molecule has 9 heteroatoms. The molecule has 0 saturated carbocycles. The lowest BCUT2D eigenvalue weighted by Gasteiger charge is -2.04. The van der Waals surface area contributed by atoms with E-state index in [1.807, 2.05) is 0 Å². The van der Waals surface area contributed by atoms with Gasteiger partial charge >= 0.3 is 0 Å². The highest BCUT2D eigenvalue weighted by molar-refractivity contribution is 5.86. The second-order valence-electron chi connectivity index (χ2n) is 1.93. The molecule has 10 N–H and O–H groups in total. The molecule has 0 fully saturated rings. The van der Waals surface area contributed by atoms with Crippen LogP contribution >= 0.6 is 37.2 Å². The first kappa shape index (κ1) is 23.2. The molecule has 0 bridgehead atoms. The van der Waals surface area contributed by atoms with Gasteiger partial charge in [-0.25, -0.2) is 4.98 Å². The molecule has 0 radical (unpaired) electrons. The lowest BCUT2D eigenvalue weighted by Crippen LogP contribution is -2.05. The summed E-state index contributed by atoms with van der Waals surface area (Å²) >= 11 is 0. The SMILES string of the molecule is Cl.Cl.Cl.Nc1cnc(N)c(N)c1N.O. The summed E-state index contributed by atoms with van der Waals surface area (Å²) in [6.07, 6.45) is 1.38. The van der Waals surface area contributed by atoms with Crippen molar-refractivity contribution in [1.82, 2.24) is 4.98 Å². The first-order valence-electron chi connectivity index (χ1n) is 2.68. The third kappa shape index (κ3) is 4.43. The van der Waals surface area contributed by atoms with Crippen LogP contribution < -0.4 is 22.9 Å². The van der Waals surface area contributed by atoms with Gasteiger partial charge in [-0.2, -0.15) is 0 Å². The summed E-state index contributed by atoms with van der Waals surface area (Å²) in [7, 11) is 0. The molecular formula is C5H14Cl3N5O. The van der Waals surface area contributed by atoms with Crippen molar-refractivity contribution in [3.8, 4) is 0 Å². The second kappa shape index (κ2) is 8.76. The molecule has 0 amide bonds. The second-order valence-corrected chi connectivity index (χ2v) is 1.93. The number of aromatic nitrogens is 1. The number of nitrogens with two attached hydrogens (primary N) is 4. The van der Waals surface area contributed by atoms with Gasteiger partial charge in [-0.05, 0) is 0 Å². The van der Waals surface area contributed by atoms with Crippen molar-refractivity contribution in [1.29, 1.82) is 0 Å². The third-order valence-electron chi connectivity index (χ3n) is 1.22. The van der Waals surface area contributed by atoms with E-state index < -0.39 is 0 Å². The molecule has 6 nitrogen and oxygen atoms in total. The predicted molar refractivity (Wildman–Crippen MR) is 67.2 cm³/mol. The van der Waals surface area contributed by atoms with Crippen LogP contribution in [-0.2, 0) is 0 Å². The Bertz CT molecular complexity index is 245. The molecule has 0 atom stereocenters. The van der Waals surface area contributed by atoms with Crippen LogP contribution in [0.2, 0.25) is 0 Å². The Hall–Kier alpha value is -0.820. The van der Waals surface area contributed by atoms with E-state index in [9.17, 15) is 0 Å². The van der Waals surface area contributed by atoms with Crippen LogP contribution in [0.3, 0.4) is 0 Å². The van der Waals surface area contributed by atoms with Crippen LogP contribution in [0.25, 0.3) is 0 Å². The van der Waals surface area contributed by atoms with Crippen LogP contribution in [0.4, 0.5) is 22.9 Å². The summed E-state index contributed by atoms with van der Waals surface area (Å²) in [5.74, 6) is 0.215. The normalized spacial score (nSPS) is 6.86. The van der Waals surface area contributed by atoms with Gasteiger partial charge < -0.3 is 28.4 Å². The van der Waals surface area contributed by atoms with Gasteiger partial charge in [0.25, 0.3) is 0 Å². The van der Waals surface area contributed by atoms with Crippen molar-refractivity contribution < 1.29 is 5.48 Å². The minimum atomic E-state index is 0. The van der Waals surface area contributed by atoms with E-state index in [1.165, 1.54) is 6.20 Å². The van der Waals surface area contributed by atoms with E-state index >= 15 is 0 Å². The number of halogens is 3. The van der Waals surface area contributed by atoms with Gasteiger partial charge in [0.1, 0.15) is 5.82 Å². The number of pyridine rings is 1. The van der Waals surface area contributed by atoms with Crippen molar-refractivity contribution in [2.45, 2.75) is 0 Å². The summed E-state index contributed by atoms with van der Waals surface area (Å²) in [5, 5.41) is 0. The van der Waals surface area contributed by atoms with E-state index in [0.717, 1.165) is 0 Å². The minimum Gasteiger partial charge on any atom is -0.412 e. The minimum absolute atomic E-state index is 0. The fourth-order valence-electron chi connectivity index (χ4n) is 0.572. The Morgan fingerprint density at radius 2 is 1.29 bits per heavy atom. The van der Waals surface area contributed by atoms with E-state index in [0.29, 0.717) is 11.4 Å². The number of hydrogen-bond acceptors (Lipinski definition) is 5. The van der Waals surface area contributed by atoms with Crippen LogP contribution in [0.5, 0.6) is 0 Å². The summed E-state index contributed by atoms with van der Waals surface area (Å²) in [6, 6.07) is 0. The number of nitrogen functional groups attached to an aromatic ring is 4. The Balaban J connectivity index is -0.000000125. The van der Waals surface area contributed by atoms with Crippen molar-refractivity contribution in [2.75, 3.05) is 22.9 Å². The average molecular weight is 267 g/mol. The van der Waals surface area contributed by atoms with Crippen molar-refractivity contribution in [2.24, 2.45) is 0 Å². The van der Waals surface area contributed by atoms with Crippen LogP contribution in [-0.4, -0.2) is 10.5 Å². The Morgan fingerprint density at radius 1 is 0.857 bits per heavy atom. The number of nitrogens with zero attached hydrogens (tertiary/aromatic N) is 1. The van der Waals surface area contributed by atoms with E-state index in [2.05, 4.69) is 4.98 Å². The van der Waals surface area contributed by atoms with Gasteiger partial charge in [-0.3, -0.25) is 0 Å². The summed E-state index contributed by atoms with van der Waals surface area (Å²) in [6.45, 7) is 0. The van der Waals surface area contributed by atoms with Crippen LogP contribution in [0.1, 0.15) is 0 Å². The van der Waals surface area contributed by atoms with Crippen LogP contribution in [0.15, 0.2) is 6.20 Å². The summed E-state index contributed by atoms with van der Waals surface area (Å²) < 4.78 is 0. The van der Waals surface area contributed by atoms with Gasteiger partial charge in [0.2, 0.25) is 0 Å². The van der Waals surface area contributed by atoms with Gasteiger partial charge in [0.15, 0.2) is 0 Å².